The Kier molecular flexibility index (Phi) is 5.79. The van der Waals surface area contributed by atoms with Crippen LogP contribution in [0.4, 0.5) is 5.13 Å². The lowest BCUT2D eigenvalue weighted by atomic mass is 9.90. The predicted octanol–water partition coefficient (Wildman–Crippen LogP) is 6.74. The van der Waals surface area contributed by atoms with Crippen LogP contribution in [0.1, 0.15) is 39.9 Å². The van der Waals surface area contributed by atoms with Crippen molar-refractivity contribution >= 4 is 44.4 Å². The summed E-state index contributed by atoms with van der Waals surface area (Å²) in [6, 6.07) is 22.7. The zero-order chi connectivity index (χ0) is 21.2. The number of anilines is 1. The molecule has 156 valence electrons. The van der Waals surface area contributed by atoms with Gasteiger partial charge in [-0.1, -0.05) is 47.7 Å². The highest BCUT2D eigenvalue weighted by Crippen LogP contribution is 2.33. The van der Waals surface area contributed by atoms with Gasteiger partial charge in [-0.2, -0.15) is 0 Å². The number of thiazole rings is 1. The van der Waals surface area contributed by atoms with Crippen molar-refractivity contribution in [3.05, 3.63) is 89.0 Å². The second-order valence-electron chi connectivity index (χ2n) is 7.90. The van der Waals surface area contributed by atoms with Crippen LogP contribution in [0.5, 0.6) is 0 Å². The number of nitrogens with zero attached hydrogens (tertiary/aromatic N) is 2. The Morgan fingerprint density at radius 2 is 1.81 bits per heavy atom. The number of hydrogen-bond acceptors (Lipinski definition) is 4. The first kappa shape index (κ1) is 20.3. The fourth-order valence-corrected chi connectivity index (χ4v) is 5.67. The SMILES string of the molecule is CSc1ccc2nc(N(Cc3ccccc3)C(=O)c3ccc4c(c3)CCCC4)sc2c1. The number of thioether (sulfide) groups is 1. The van der Waals surface area contributed by atoms with Gasteiger partial charge < -0.3 is 0 Å². The quantitative estimate of drug-likeness (QED) is 0.319. The number of fused-ring (bicyclic) bond motifs is 2. The third kappa shape index (κ3) is 4.25. The Morgan fingerprint density at radius 3 is 2.61 bits per heavy atom. The maximum atomic E-state index is 13.7. The average molecular weight is 445 g/mol. The highest BCUT2D eigenvalue weighted by Gasteiger charge is 2.23. The Balaban J connectivity index is 1.54. The van der Waals surface area contributed by atoms with Gasteiger partial charge in [0.25, 0.3) is 5.91 Å². The molecule has 1 heterocycles. The molecule has 1 aliphatic rings. The van der Waals surface area contributed by atoms with Gasteiger partial charge in [-0.05, 0) is 79.0 Å². The Morgan fingerprint density at radius 1 is 1.00 bits per heavy atom. The number of hydrogen-bond donors (Lipinski definition) is 0. The van der Waals surface area contributed by atoms with Crippen molar-refractivity contribution in [1.82, 2.24) is 4.98 Å². The van der Waals surface area contributed by atoms with Crippen LogP contribution in [-0.4, -0.2) is 17.1 Å². The first-order valence-electron chi connectivity index (χ1n) is 10.6. The highest BCUT2D eigenvalue weighted by molar-refractivity contribution is 7.98. The zero-order valence-electron chi connectivity index (χ0n) is 17.5. The number of amides is 1. The Labute approximate surface area is 191 Å². The van der Waals surface area contributed by atoms with Crippen molar-refractivity contribution in [2.75, 3.05) is 11.2 Å². The standard InChI is InChI=1S/C26H24N2OS2/c1-30-22-13-14-23-24(16-22)31-26(27-23)28(17-18-7-3-2-4-8-18)25(29)21-12-11-19-9-5-6-10-20(19)15-21/h2-4,7-8,11-16H,5-6,9-10,17H2,1H3. The van der Waals surface area contributed by atoms with E-state index in [9.17, 15) is 4.79 Å². The van der Waals surface area contributed by atoms with Crippen molar-refractivity contribution in [3.8, 4) is 0 Å². The van der Waals surface area contributed by atoms with Gasteiger partial charge in [-0.25, -0.2) is 4.98 Å². The summed E-state index contributed by atoms with van der Waals surface area (Å²) in [7, 11) is 0. The maximum Gasteiger partial charge on any atom is 0.260 e. The molecule has 0 aliphatic heterocycles. The molecule has 1 aromatic heterocycles. The van der Waals surface area contributed by atoms with E-state index in [4.69, 9.17) is 4.98 Å². The molecule has 5 rings (SSSR count). The predicted molar refractivity (Wildman–Crippen MR) is 131 cm³/mol. The third-order valence-corrected chi connectivity index (χ3v) is 7.61. The second kappa shape index (κ2) is 8.85. The van der Waals surface area contributed by atoms with Gasteiger partial charge in [0.15, 0.2) is 5.13 Å². The largest absolute Gasteiger partial charge is 0.279 e. The summed E-state index contributed by atoms with van der Waals surface area (Å²) in [5.74, 6) is 0.0152. The summed E-state index contributed by atoms with van der Waals surface area (Å²) < 4.78 is 1.11. The molecule has 5 heteroatoms. The monoisotopic (exact) mass is 444 g/mol. The molecule has 4 aromatic rings. The molecular formula is C26H24N2OS2. The molecule has 0 N–H and O–H groups in total. The molecule has 0 bridgehead atoms. The minimum atomic E-state index is 0.0152. The van der Waals surface area contributed by atoms with E-state index in [2.05, 4.69) is 42.7 Å². The van der Waals surface area contributed by atoms with Gasteiger partial charge in [0.05, 0.1) is 16.8 Å². The smallest absolute Gasteiger partial charge is 0.260 e. The van der Waals surface area contributed by atoms with E-state index in [1.165, 1.54) is 28.9 Å². The lowest BCUT2D eigenvalue weighted by molar-refractivity contribution is 0.0985. The minimum Gasteiger partial charge on any atom is -0.279 e. The van der Waals surface area contributed by atoms with Crippen LogP contribution >= 0.6 is 23.1 Å². The molecule has 0 fully saturated rings. The molecule has 0 spiro atoms. The first-order valence-corrected chi connectivity index (χ1v) is 12.7. The first-order chi connectivity index (χ1) is 15.2. The minimum absolute atomic E-state index is 0.0152. The van der Waals surface area contributed by atoms with Gasteiger partial charge in [-0.15, -0.1) is 11.8 Å². The summed E-state index contributed by atoms with van der Waals surface area (Å²) in [6.07, 6.45) is 6.70. The molecule has 0 saturated heterocycles. The summed E-state index contributed by atoms with van der Waals surface area (Å²) in [5.41, 5.74) is 5.50. The van der Waals surface area contributed by atoms with Crippen LogP contribution in [-0.2, 0) is 19.4 Å². The van der Waals surface area contributed by atoms with Gasteiger partial charge in [0.1, 0.15) is 0 Å². The van der Waals surface area contributed by atoms with Crippen LogP contribution in [0.25, 0.3) is 10.2 Å². The van der Waals surface area contributed by atoms with E-state index in [1.807, 2.05) is 35.2 Å². The molecule has 31 heavy (non-hydrogen) atoms. The average Bonchev–Trinajstić information content (AvgIpc) is 3.25. The van der Waals surface area contributed by atoms with E-state index >= 15 is 0 Å². The van der Waals surface area contributed by atoms with Crippen LogP contribution in [0.15, 0.2) is 71.6 Å². The van der Waals surface area contributed by atoms with Gasteiger partial charge in [-0.3, -0.25) is 9.69 Å². The number of carbonyl (C=O) groups is 1. The summed E-state index contributed by atoms with van der Waals surface area (Å²) >= 11 is 3.31. The number of carbonyl (C=O) groups excluding carboxylic acids is 1. The van der Waals surface area contributed by atoms with E-state index in [0.29, 0.717) is 6.54 Å². The normalized spacial score (nSPS) is 13.2. The summed E-state index contributed by atoms with van der Waals surface area (Å²) in [6.45, 7) is 0.506. The van der Waals surface area contributed by atoms with Gasteiger partial charge in [0.2, 0.25) is 0 Å². The summed E-state index contributed by atoms with van der Waals surface area (Å²) in [5, 5.41) is 0.750. The fraction of sp³-hybridized carbons (Fsp3) is 0.231. The molecule has 0 saturated carbocycles. The maximum absolute atomic E-state index is 13.7. The summed E-state index contributed by atoms with van der Waals surface area (Å²) in [4.78, 5) is 21.6. The van der Waals surface area contributed by atoms with Crippen molar-refractivity contribution in [3.63, 3.8) is 0 Å². The third-order valence-electron chi connectivity index (χ3n) is 5.84. The lowest BCUT2D eigenvalue weighted by Gasteiger charge is -2.22. The topological polar surface area (TPSA) is 33.2 Å². The van der Waals surface area contributed by atoms with Crippen LogP contribution in [0.2, 0.25) is 0 Å². The van der Waals surface area contributed by atoms with Crippen molar-refractivity contribution < 1.29 is 4.79 Å². The van der Waals surface area contributed by atoms with E-state index in [1.54, 1.807) is 23.1 Å². The van der Waals surface area contributed by atoms with Crippen LogP contribution < -0.4 is 4.90 Å². The molecule has 0 radical (unpaired) electrons. The Bertz CT molecular complexity index is 1230. The number of aromatic nitrogens is 1. The number of aryl methyl sites for hydroxylation is 2. The highest BCUT2D eigenvalue weighted by atomic mass is 32.2. The van der Waals surface area contributed by atoms with Crippen LogP contribution in [0.3, 0.4) is 0 Å². The van der Waals surface area contributed by atoms with E-state index in [-0.39, 0.29) is 5.91 Å². The Hall–Kier alpha value is -2.63. The molecule has 3 nitrogen and oxygen atoms in total. The van der Waals surface area contributed by atoms with Gasteiger partial charge >= 0.3 is 0 Å². The van der Waals surface area contributed by atoms with E-state index < -0.39 is 0 Å². The fourth-order valence-electron chi connectivity index (χ4n) is 4.15. The van der Waals surface area contributed by atoms with Crippen LogP contribution in [0, 0.1) is 0 Å². The molecule has 0 unspecified atom stereocenters. The number of benzene rings is 3. The second-order valence-corrected chi connectivity index (χ2v) is 9.79. The zero-order valence-corrected chi connectivity index (χ0v) is 19.1. The molecular weight excluding hydrogens is 420 g/mol. The van der Waals surface area contributed by atoms with Crippen molar-refractivity contribution in [2.45, 2.75) is 37.1 Å². The van der Waals surface area contributed by atoms with E-state index in [0.717, 1.165) is 39.3 Å². The molecule has 0 atom stereocenters. The van der Waals surface area contributed by atoms with Crippen molar-refractivity contribution in [1.29, 1.82) is 0 Å². The van der Waals surface area contributed by atoms with Gasteiger partial charge in [0, 0.05) is 10.5 Å². The molecule has 1 amide bonds. The van der Waals surface area contributed by atoms with Crippen molar-refractivity contribution in [2.24, 2.45) is 0 Å². The number of rotatable bonds is 5. The molecule has 3 aromatic carbocycles. The molecule has 1 aliphatic carbocycles. The lowest BCUT2D eigenvalue weighted by Crippen LogP contribution is -2.30.